The topological polar surface area (TPSA) is 58.6 Å². The van der Waals surface area contributed by atoms with E-state index in [1.165, 1.54) is 15.6 Å². The molecule has 3 rings (SSSR count). The third kappa shape index (κ3) is 3.92. The molecule has 1 fully saturated rings. The first kappa shape index (κ1) is 18.1. The number of hydrogen-bond acceptors (Lipinski definition) is 4. The second kappa shape index (κ2) is 7.68. The number of piperidine rings is 1. The van der Waals surface area contributed by atoms with Gasteiger partial charge >= 0.3 is 0 Å². The lowest BCUT2D eigenvalue weighted by molar-refractivity contribution is 0.118. The maximum atomic E-state index is 12.6. The van der Waals surface area contributed by atoms with Crippen LogP contribution in [-0.4, -0.2) is 39.5 Å². The van der Waals surface area contributed by atoms with Crippen LogP contribution in [0.5, 0.6) is 0 Å². The van der Waals surface area contributed by atoms with Crippen LogP contribution in [-0.2, 0) is 21.5 Å². The van der Waals surface area contributed by atoms with Gasteiger partial charge < -0.3 is 4.74 Å². The zero-order valence-corrected chi connectivity index (χ0v) is 15.9. The quantitative estimate of drug-likeness (QED) is 0.826. The summed E-state index contributed by atoms with van der Waals surface area (Å²) >= 11 is 7.90. The van der Waals surface area contributed by atoms with Crippen molar-refractivity contribution in [2.24, 2.45) is 5.92 Å². The number of thiophene rings is 1. The van der Waals surface area contributed by atoms with Gasteiger partial charge in [-0.15, -0.1) is 11.3 Å². The van der Waals surface area contributed by atoms with E-state index in [0.717, 1.165) is 27.8 Å². The Morgan fingerprint density at radius 2 is 2.21 bits per heavy atom. The predicted octanol–water partition coefficient (Wildman–Crippen LogP) is 3.25. The van der Waals surface area contributed by atoms with E-state index in [-0.39, 0.29) is 12.5 Å². The molecule has 0 saturated carbocycles. The number of nitrogens with one attached hydrogen (secondary N) is 1. The Morgan fingerprint density at radius 3 is 2.96 bits per heavy atom. The van der Waals surface area contributed by atoms with Crippen LogP contribution in [0.15, 0.2) is 24.3 Å². The smallest absolute Gasteiger partial charge is 0.279 e. The maximum Gasteiger partial charge on any atom is 0.279 e. The van der Waals surface area contributed by atoms with Gasteiger partial charge in [0, 0.05) is 41.7 Å². The van der Waals surface area contributed by atoms with Gasteiger partial charge in [0.1, 0.15) is 0 Å². The van der Waals surface area contributed by atoms with Gasteiger partial charge in [-0.05, 0) is 24.8 Å². The number of nitrogens with zero attached hydrogens (tertiary/aromatic N) is 1. The fourth-order valence-corrected chi connectivity index (χ4v) is 5.86. The summed E-state index contributed by atoms with van der Waals surface area (Å²) in [4.78, 5) is 0.840. The van der Waals surface area contributed by atoms with E-state index in [1.54, 1.807) is 7.11 Å². The highest BCUT2D eigenvalue weighted by molar-refractivity contribution is 7.87. The molecular formula is C16H21ClN2O3S2. The summed E-state index contributed by atoms with van der Waals surface area (Å²) in [6.45, 7) is 1.86. The van der Waals surface area contributed by atoms with Gasteiger partial charge in [0.05, 0.1) is 11.6 Å². The highest BCUT2D eigenvalue weighted by Gasteiger charge is 2.29. The summed E-state index contributed by atoms with van der Waals surface area (Å²) in [5, 5.41) is 1.60. The molecule has 24 heavy (non-hydrogen) atoms. The van der Waals surface area contributed by atoms with Crippen LogP contribution in [0.4, 0.5) is 0 Å². The first-order valence-electron chi connectivity index (χ1n) is 7.91. The molecule has 2 heterocycles. The lowest BCUT2D eigenvalue weighted by atomic mass is 10.0. The fraction of sp³-hybridized carbons (Fsp3) is 0.500. The standard InChI is InChI=1S/C16H21ClN2O3S2/c1-22-11-12-5-4-8-19(10-12)24(20,21)18-9-15-16(17)13-6-2-3-7-14(13)23-15/h2-3,6-7,12,18H,4-5,8-11H2,1H3. The van der Waals surface area contributed by atoms with Gasteiger partial charge in [0.2, 0.25) is 0 Å². The normalized spacial score (nSPS) is 19.8. The Labute approximate surface area is 151 Å². The molecule has 1 aromatic heterocycles. The number of rotatable bonds is 6. The van der Waals surface area contributed by atoms with E-state index in [4.69, 9.17) is 16.3 Å². The van der Waals surface area contributed by atoms with Crippen molar-refractivity contribution in [3.63, 3.8) is 0 Å². The predicted molar refractivity (Wildman–Crippen MR) is 98.8 cm³/mol. The second-order valence-electron chi connectivity index (χ2n) is 5.98. The van der Waals surface area contributed by atoms with Crippen LogP contribution < -0.4 is 4.72 Å². The SMILES string of the molecule is COCC1CCCN(S(=O)(=O)NCc2sc3ccccc3c2Cl)C1. The van der Waals surface area contributed by atoms with Crippen LogP contribution in [0.3, 0.4) is 0 Å². The number of halogens is 1. The fourth-order valence-electron chi connectivity index (χ4n) is 3.04. The number of fused-ring (bicyclic) bond motifs is 1. The van der Waals surface area contributed by atoms with Crippen molar-refractivity contribution in [1.82, 2.24) is 9.03 Å². The first-order chi connectivity index (χ1) is 11.5. The molecule has 0 bridgehead atoms. The van der Waals surface area contributed by atoms with Crippen LogP contribution in [0.1, 0.15) is 17.7 Å². The van der Waals surface area contributed by atoms with Crippen molar-refractivity contribution in [1.29, 1.82) is 0 Å². The molecule has 0 spiro atoms. The van der Waals surface area contributed by atoms with Gasteiger partial charge in [0.15, 0.2) is 0 Å². The number of benzene rings is 1. The van der Waals surface area contributed by atoms with E-state index < -0.39 is 10.2 Å². The van der Waals surface area contributed by atoms with Gasteiger partial charge in [-0.3, -0.25) is 0 Å². The van der Waals surface area contributed by atoms with Crippen LogP contribution >= 0.6 is 22.9 Å². The molecule has 0 radical (unpaired) electrons. The average molecular weight is 389 g/mol. The summed E-state index contributed by atoms with van der Waals surface area (Å²) in [5.41, 5.74) is 0. The number of ether oxygens (including phenoxy) is 1. The minimum absolute atomic E-state index is 0.214. The van der Waals surface area contributed by atoms with Crippen molar-refractivity contribution in [3.05, 3.63) is 34.2 Å². The third-order valence-corrected chi connectivity index (χ3v) is 7.48. The highest BCUT2D eigenvalue weighted by Crippen LogP contribution is 2.35. The third-order valence-electron chi connectivity index (χ3n) is 4.24. The monoisotopic (exact) mass is 388 g/mol. The Hall–Kier alpha value is -0.700. The molecular weight excluding hydrogens is 368 g/mol. The Bertz CT molecular complexity index is 805. The molecule has 2 aromatic rings. The summed E-state index contributed by atoms with van der Waals surface area (Å²) < 4.78 is 35.6. The molecule has 1 saturated heterocycles. The highest BCUT2D eigenvalue weighted by atomic mass is 35.5. The second-order valence-corrected chi connectivity index (χ2v) is 9.25. The molecule has 5 nitrogen and oxygen atoms in total. The molecule has 132 valence electrons. The Morgan fingerprint density at radius 1 is 1.42 bits per heavy atom. The minimum atomic E-state index is -3.51. The van der Waals surface area contributed by atoms with Gasteiger partial charge in [-0.2, -0.15) is 17.4 Å². The van der Waals surface area contributed by atoms with Gasteiger partial charge in [0.25, 0.3) is 10.2 Å². The lowest BCUT2D eigenvalue weighted by Crippen LogP contribution is -2.46. The molecule has 0 amide bonds. The summed E-state index contributed by atoms with van der Waals surface area (Å²) in [6.07, 6.45) is 1.86. The molecule has 1 unspecified atom stereocenters. The molecule has 1 N–H and O–H groups in total. The zero-order chi connectivity index (χ0) is 17.2. The van der Waals surface area contributed by atoms with Crippen LogP contribution in [0, 0.1) is 5.92 Å². The summed E-state index contributed by atoms with van der Waals surface area (Å²) in [7, 11) is -1.86. The molecule has 1 aliphatic rings. The maximum absolute atomic E-state index is 12.6. The average Bonchev–Trinajstić information content (AvgIpc) is 2.90. The van der Waals surface area contributed by atoms with Gasteiger partial charge in [-0.25, -0.2) is 0 Å². The van der Waals surface area contributed by atoms with E-state index >= 15 is 0 Å². The van der Waals surface area contributed by atoms with Crippen LogP contribution in [0.25, 0.3) is 10.1 Å². The van der Waals surface area contributed by atoms with Gasteiger partial charge in [-0.1, -0.05) is 29.8 Å². The first-order valence-corrected chi connectivity index (χ1v) is 10.5. The number of methoxy groups -OCH3 is 1. The Balaban J connectivity index is 1.69. The summed E-state index contributed by atoms with van der Waals surface area (Å²) in [6, 6.07) is 7.82. The van der Waals surface area contributed by atoms with E-state index in [0.29, 0.717) is 24.7 Å². The molecule has 1 aromatic carbocycles. The molecule has 1 atom stereocenters. The van der Waals surface area contributed by atoms with Crippen molar-refractivity contribution in [3.8, 4) is 0 Å². The van der Waals surface area contributed by atoms with Crippen molar-refractivity contribution in [2.45, 2.75) is 19.4 Å². The van der Waals surface area contributed by atoms with Crippen LogP contribution in [0.2, 0.25) is 5.02 Å². The lowest BCUT2D eigenvalue weighted by Gasteiger charge is -2.31. The van der Waals surface area contributed by atoms with E-state index in [9.17, 15) is 8.42 Å². The van der Waals surface area contributed by atoms with Crippen molar-refractivity contribution in [2.75, 3.05) is 26.8 Å². The van der Waals surface area contributed by atoms with E-state index in [2.05, 4.69) is 4.72 Å². The largest absolute Gasteiger partial charge is 0.384 e. The Kier molecular flexibility index (Phi) is 5.79. The molecule has 0 aliphatic carbocycles. The molecule has 1 aliphatic heterocycles. The summed E-state index contributed by atoms with van der Waals surface area (Å²) in [5.74, 6) is 0.258. The zero-order valence-electron chi connectivity index (χ0n) is 13.5. The van der Waals surface area contributed by atoms with Crippen molar-refractivity contribution < 1.29 is 13.2 Å². The van der Waals surface area contributed by atoms with Crippen molar-refractivity contribution >= 4 is 43.2 Å². The minimum Gasteiger partial charge on any atom is -0.384 e. The van der Waals surface area contributed by atoms with E-state index in [1.807, 2.05) is 24.3 Å². The molecule has 8 heteroatoms. The number of hydrogen-bond donors (Lipinski definition) is 1.